The summed E-state index contributed by atoms with van der Waals surface area (Å²) in [6, 6.07) is 0. The Bertz CT molecular complexity index is 397. The van der Waals surface area contributed by atoms with Crippen molar-refractivity contribution in [2.45, 2.75) is 12.7 Å². The summed E-state index contributed by atoms with van der Waals surface area (Å²) in [6.45, 7) is -0.245. The lowest BCUT2D eigenvalue weighted by molar-refractivity contribution is -0.138. The number of hydrogen-bond donors (Lipinski definition) is 0. The van der Waals surface area contributed by atoms with E-state index in [2.05, 4.69) is 5.10 Å². The van der Waals surface area contributed by atoms with Gasteiger partial charge in [0.05, 0.1) is 0 Å². The summed E-state index contributed by atoms with van der Waals surface area (Å²) in [5.74, 6) is 2.03. The SMILES string of the molecule is C#CCn1nc(C(F)(F)F)sc1=O. The Morgan fingerprint density at radius 2 is 2.23 bits per heavy atom. The highest BCUT2D eigenvalue weighted by Crippen LogP contribution is 2.28. The molecule has 0 saturated heterocycles. The molecule has 0 atom stereocenters. The number of hydrogen-bond acceptors (Lipinski definition) is 3. The van der Waals surface area contributed by atoms with Gasteiger partial charge in [0, 0.05) is 0 Å². The van der Waals surface area contributed by atoms with Crippen molar-refractivity contribution in [1.29, 1.82) is 0 Å². The monoisotopic (exact) mass is 208 g/mol. The highest BCUT2D eigenvalue weighted by atomic mass is 32.1. The smallest absolute Gasteiger partial charge is 0.255 e. The predicted octanol–water partition coefficient (Wildman–Crippen LogP) is 0.957. The van der Waals surface area contributed by atoms with Crippen LogP contribution in [0.15, 0.2) is 4.79 Å². The molecule has 70 valence electrons. The predicted molar refractivity (Wildman–Crippen MR) is 40.2 cm³/mol. The number of nitrogens with zero attached hydrogens (tertiary/aromatic N) is 2. The Balaban J connectivity index is 3.11. The zero-order valence-electron chi connectivity index (χ0n) is 6.13. The highest BCUT2D eigenvalue weighted by molar-refractivity contribution is 7.09. The van der Waals surface area contributed by atoms with Gasteiger partial charge in [-0.3, -0.25) is 4.79 Å². The van der Waals surface area contributed by atoms with Gasteiger partial charge in [0.1, 0.15) is 6.54 Å². The maximum absolute atomic E-state index is 12.0. The van der Waals surface area contributed by atoms with E-state index in [0.29, 0.717) is 4.68 Å². The van der Waals surface area contributed by atoms with Gasteiger partial charge in [-0.05, 0) is 11.3 Å². The van der Waals surface area contributed by atoms with Crippen LogP contribution in [0.2, 0.25) is 0 Å². The molecule has 1 aromatic heterocycles. The summed E-state index contributed by atoms with van der Waals surface area (Å²) in [7, 11) is 0. The molecule has 0 fully saturated rings. The summed E-state index contributed by atoms with van der Waals surface area (Å²) >= 11 is 0.0370. The summed E-state index contributed by atoms with van der Waals surface area (Å²) < 4.78 is 36.5. The first-order chi connectivity index (χ1) is 5.95. The van der Waals surface area contributed by atoms with Gasteiger partial charge < -0.3 is 0 Å². The first-order valence-corrected chi connectivity index (χ1v) is 3.85. The molecule has 0 spiro atoms. The average Bonchev–Trinajstić information content (AvgIpc) is 2.32. The first-order valence-electron chi connectivity index (χ1n) is 3.03. The maximum atomic E-state index is 12.0. The van der Waals surface area contributed by atoms with Crippen molar-refractivity contribution < 1.29 is 13.2 Å². The summed E-state index contributed by atoms with van der Waals surface area (Å²) in [6.07, 6.45) is 0.242. The fourth-order valence-corrected chi connectivity index (χ4v) is 1.24. The van der Waals surface area contributed by atoms with Crippen molar-refractivity contribution in [2.75, 3.05) is 0 Å². The highest BCUT2D eigenvalue weighted by Gasteiger charge is 2.35. The quantitative estimate of drug-likeness (QED) is 0.644. The standard InChI is InChI=1S/C6H3F3N2OS/c1-2-3-11-5(12)13-4(10-11)6(7,8)9/h1H,3H2. The summed E-state index contributed by atoms with van der Waals surface area (Å²) in [4.78, 5) is 10.00. The molecule has 0 saturated carbocycles. The fraction of sp³-hybridized carbons (Fsp3) is 0.333. The molecular weight excluding hydrogens is 205 g/mol. The van der Waals surface area contributed by atoms with Crippen LogP contribution in [0.1, 0.15) is 5.01 Å². The van der Waals surface area contributed by atoms with E-state index >= 15 is 0 Å². The molecule has 1 rings (SSSR count). The number of terminal acetylenes is 1. The minimum atomic E-state index is -4.58. The molecular formula is C6H3F3N2OS. The van der Waals surface area contributed by atoms with E-state index in [1.165, 1.54) is 0 Å². The third-order valence-corrected chi connectivity index (χ3v) is 1.98. The number of aromatic nitrogens is 2. The van der Waals surface area contributed by atoms with E-state index in [1.807, 2.05) is 5.92 Å². The Morgan fingerprint density at radius 1 is 1.62 bits per heavy atom. The van der Waals surface area contributed by atoms with Gasteiger partial charge >= 0.3 is 11.0 Å². The van der Waals surface area contributed by atoms with Gasteiger partial charge in [0.2, 0.25) is 5.01 Å². The van der Waals surface area contributed by atoms with Crippen molar-refractivity contribution >= 4 is 11.3 Å². The second-order valence-corrected chi connectivity index (χ2v) is 2.97. The Kier molecular flexibility index (Phi) is 2.43. The second kappa shape index (κ2) is 3.22. The van der Waals surface area contributed by atoms with Gasteiger partial charge in [-0.2, -0.15) is 18.3 Å². The zero-order valence-corrected chi connectivity index (χ0v) is 6.95. The van der Waals surface area contributed by atoms with Crippen LogP contribution < -0.4 is 4.87 Å². The van der Waals surface area contributed by atoms with Crippen LogP contribution in [0.25, 0.3) is 0 Å². The van der Waals surface area contributed by atoms with Gasteiger partial charge in [-0.25, -0.2) is 4.68 Å². The molecule has 0 aliphatic carbocycles. The molecule has 7 heteroatoms. The Morgan fingerprint density at radius 3 is 2.62 bits per heavy atom. The second-order valence-electron chi connectivity index (χ2n) is 2.03. The van der Waals surface area contributed by atoms with Crippen LogP contribution in [0, 0.1) is 12.3 Å². The molecule has 0 bridgehead atoms. The molecule has 0 aliphatic heterocycles. The van der Waals surface area contributed by atoms with E-state index in [0.717, 1.165) is 0 Å². The lowest BCUT2D eigenvalue weighted by atomic mass is 10.7. The zero-order chi connectivity index (χ0) is 10.1. The summed E-state index contributed by atoms with van der Waals surface area (Å²) in [5, 5.41) is 1.85. The molecule has 0 N–H and O–H groups in total. The number of halogens is 3. The van der Waals surface area contributed by atoms with E-state index in [9.17, 15) is 18.0 Å². The molecule has 0 amide bonds. The number of alkyl halides is 3. The molecule has 0 radical (unpaired) electrons. The average molecular weight is 208 g/mol. The fourth-order valence-electron chi connectivity index (χ4n) is 0.607. The lowest BCUT2D eigenvalue weighted by Gasteiger charge is -1.98. The third kappa shape index (κ3) is 2.09. The molecule has 3 nitrogen and oxygen atoms in total. The van der Waals surface area contributed by atoms with Crippen LogP contribution in [-0.2, 0) is 12.7 Å². The lowest BCUT2D eigenvalue weighted by Crippen LogP contribution is -2.14. The van der Waals surface area contributed by atoms with Crippen molar-refractivity contribution in [2.24, 2.45) is 0 Å². The van der Waals surface area contributed by atoms with Crippen LogP contribution >= 0.6 is 11.3 Å². The Hall–Kier alpha value is -1.29. The Labute approximate surface area is 74.8 Å². The normalized spacial score (nSPS) is 11.2. The minimum absolute atomic E-state index is 0.0370. The molecule has 0 unspecified atom stereocenters. The van der Waals surface area contributed by atoms with Crippen LogP contribution in [0.5, 0.6) is 0 Å². The number of rotatable bonds is 1. The van der Waals surface area contributed by atoms with Crippen molar-refractivity contribution in [3.63, 3.8) is 0 Å². The van der Waals surface area contributed by atoms with Crippen molar-refractivity contribution in [3.05, 3.63) is 14.7 Å². The molecule has 13 heavy (non-hydrogen) atoms. The maximum Gasteiger partial charge on any atom is 0.445 e. The minimum Gasteiger partial charge on any atom is -0.255 e. The molecule has 1 heterocycles. The van der Waals surface area contributed by atoms with E-state index in [4.69, 9.17) is 6.42 Å². The first kappa shape index (κ1) is 9.80. The van der Waals surface area contributed by atoms with Gasteiger partial charge in [0.15, 0.2) is 0 Å². The molecule has 0 aliphatic rings. The van der Waals surface area contributed by atoms with Crippen LogP contribution in [0.3, 0.4) is 0 Å². The molecule has 1 aromatic rings. The van der Waals surface area contributed by atoms with Crippen LogP contribution in [-0.4, -0.2) is 9.78 Å². The van der Waals surface area contributed by atoms with E-state index in [-0.39, 0.29) is 17.9 Å². The van der Waals surface area contributed by atoms with Crippen LogP contribution in [0.4, 0.5) is 13.2 Å². The summed E-state index contributed by atoms with van der Waals surface area (Å²) in [5.41, 5.74) is 0. The third-order valence-electron chi connectivity index (χ3n) is 1.09. The molecule has 0 aromatic carbocycles. The van der Waals surface area contributed by atoms with Gasteiger partial charge in [-0.1, -0.05) is 5.92 Å². The topological polar surface area (TPSA) is 34.9 Å². The van der Waals surface area contributed by atoms with Gasteiger partial charge in [0.25, 0.3) is 0 Å². The van der Waals surface area contributed by atoms with Crippen molar-refractivity contribution in [3.8, 4) is 12.3 Å². The van der Waals surface area contributed by atoms with E-state index in [1.54, 1.807) is 0 Å². The van der Waals surface area contributed by atoms with Gasteiger partial charge in [-0.15, -0.1) is 6.42 Å². The largest absolute Gasteiger partial charge is 0.445 e. The van der Waals surface area contributed by atoms with Crippen molar-refractivity contribution in [1.82, 2.24) is 9.78 Å². The van der Waals surface area contributed by atoms with E-state index < -0.39 is 16.1 Å².